The summed E-state index contributed by atoms with van der Waals surface area (Å²) in [6.45, 7) is 7.00. The van der Waals surface area contributed by atoms with Crippen LogP contribution in [-0.4, -0.2) is 29.6 Å². The molecule has 0 aromatic rings. The molecule has 3 N–H and O–H groups in total. The van der Waals surface area contributed by atoms with Gasteiger partial charge in [-0.3, -0.25) is 16.2 Å². The lowest BCUT2D eigenvalue weighted by molar-refractivity contribution is 0.0794. The number of hydrogen-bond donors (Lipinski definition) is 2. The molecule has 0 aliphatic carbocycles. The van der Waals surface area contributed by atoms with Crippen LogP contribution < -0.4 is 11.3 Å². The second-order valence-corrected chi connectivity index (χ2v) is 5.87. The molecule has 3 heteroatoms. The smallest absolute Gasteiger partial charge is 0.0389 e. The quantitative estimate of drug-likeness (QED) is 0.329. The summed E-state index contributed by atoms with van der Waals surface area (Å²) in [4.78, 5) is 2.60. The average molecular weight is 251 g/mol. The fourth-order valence-electron chi connectivity index (χ4n) is 2.92. The molecule has 3 nitrogen and oxygen atoms in total. The molecule has 1 rings (SSSR count). The SMILES string of the molecule is C#CCCCC(NN)C(C)(C)N1CCCCCC1. The van der Waals surface area contributed by atoms with Gasteiger partial charge in [-0.25, -0.2) is 0 Å². The summed E-state index contributed by atoms with van der Waals surface area (Å²) in [6, 6.07) is 0.309. The monoisotopic (exact) mass is 251 g/mol. The maximum atomic E-state index is 5.76. The van der Waals surface area contributed by atoms with Crippen molar-refractivity contribution in [2.45, 2.75) is 70.4 Å². The molecule has 1 heterocycles. The third-order valence-corrected chi connectivity index (χ3v) is 4.29. The van der Waals surface area contributed by atoms with Gasteiger partial charge < -0.3 is 0 Å². The van der Waals surface area contributed by atoms with E-state index in [0.717, 1.165) is 19.3 Å². The molecule has 104 valence electrons. The van der Waals surface area contributed by atoms with Crippen LogP contribution in [0, 0.1) is 12.3 Å². The normalized spacial score (nSPS) is 20.1. The van der Waals surface area contributed by atoms with Gasteiger partial charge in [0.25, 0.3) is 0 Å². The summed E-state index contributed by atoms with van der Waals surface area (Å²) in [5.41, 5.74) is 3.11. The Morgan fingerprint density at radius 3 is 2.39 bits per heavy atom. The summed E-state index contributed by atoms with van der Waals surface area (Å²) in [5.74, 6) is 8.46. The highest BCUT2D eigenvalue weighted by molar-refractivity contribution is 4.94. The first-order chi connectivity index (χ1) is 8.62. The zero-order chi connectivity index (χ0) is 13.4. The first-order valence-corrected chi connectivity index (χ1v) is 7.27. The fraction of sp³-hybridized carbons (Fsp3) is 0.867. The van der Waals surface area contributed by atoms with Crippen LogP contribution >= 0.6 is 0 Å². The molecule has 0 amide bonds. The Morgan fingerprint density at radius 1 is 1.28 bits per heavy atom. The van der Waals surface area contributed by atoms with E-state index in [1.807, 2.05) is 0 Å². The van der Waals surface area contributed by atoms with Crippen molar-refractivity contribution in [1.82, 2.24) is 10.3 Å². The molecule has 1 aliphatic heterocycles. The first-order valence-electron chi connectivity index (χ1n) is 7.27. The topological polar surface area (TPSA) is 41.3 Å². The van der Waals surface area contributed by atoms with Gasteiger partial charge in [0.15, 0.2) is 0 Å². The lowest BCUT2D eigenvalue weighted by atomic mass is 9.88. The molecule has 0 aromatic carbocycles. The van der Waals surface area contributed by atoms with Gasteiger partial charge >= 0.3 is 0 Å². The molecule has 1 fully saturated rings. The molecule has 1 saturated heterocycles. The molecule has 0 aromatic heterocycles. The van der Waals surface area contributed by atoms with Gasteiger partial charge in [-0.2, -0.15) is 0 Å². The van der Waals surface area contributed by atoms with E-state index in [1.165, 1.54) is 38.8 Å². The molecular formula is C15H29N3. The van der Waals surface area contributed by atoms with Crippen molar-refractivity contribution >= 4 is 0 Å². The average Bonchev–Trinajstić information content (AvgIpc) is 2.63. The Morgan fingerprint density at radius 2 is 1.89 bits per heavy atom. The predicted molar refractivity (Wildman–Crippen MR) is 77.9 cm³/mol. The predicted octanol–water partition coefficient (Wildman–Crippen LogP) is 2.28. The number of nitrogens with one attached hydrogen (secondary N) is 1. The molecule has 0 spiro atoms. The van der Waals surface area contributed by atoms with Gasteiger partial charge in [0.05, 0.1) is 0 Å². The highest BCUT2D eigenvalue weighted by Gasteiger charge is 2.34. The van der Waals surface area contributed by atoms with Crippen molar-refractivity contribution in [3.05, 3.63) is 0 Å². The van der Waals surface area contributed by atoms with E-state index in [0.29, 0.717) is 6.04 Å². The maximum Gasteiger partial charge on any atom is 0.0389 e. The highest BCUT2D eigenvalue weighted by Crippen LogP contribution is 2.25. The van der Waals surface area contributed by atoms with Crippen molar-refractivity contribution in [2.75, 3.05) is 13.1 Å². The van der Waals surface area contributed by atoms with Gasteiger partial charge in [-0.1, -0.05) is 12.8 Å². The molecular weight excluding hydrogens is 222 g/mol. The minimum absolute atomic E-state index is 0.105. The van der Waals surface area contributed by atoms with Crippen LogP contribution in [0.15, 0.2) is 0 Å². The second-order valence-electron chi connectivity index (χ2n) is 5.87. The van der Waals surface area contributed by atoms with Crippen LogP contribution in [0.25, 0.3) is 0 Å². The van der Waals surface area contributed by atoms with Gasteiger partial charge in [0.2, 0.25) is 0 Å². The van der Waals surface area contributed by atoms with Crippen molar-refractivity contribution in [1.29, 1.82) is 0 Å². The number of likely N-dealkylation sites (tertiary alicyclic amines) is 1. The molecule has 0 bridgehead atoms. The number of unbranched alkanes of at least 4 members (excludes halogenated alkanes) is 1. The molecule has 1 unspecified atom stereocenters. The van der Waals surface area contributed by atoms with Crippen LogP contribution in [-0.2, 0) is 0 Å². The van der Waals surface area contributed by atoms with Crippen LogP contribution in [0.5, 0.6) is 0 Å². The van der Waals surface area contributed by atoms with Crippen LogP contribution in [0.1, 0.15) is 58.8 Å². The van der Waals surface area contributed by atoms with E-state index in [1.54, 1.807) is 0 Å². The van der Waals surface area contributed by atoms with Crippen molar-refractivity contribution < 1.29 is 0 Å². The molecule has 0 saturated carbocycles. The van der Waals surface area contributed by atoms with E-state index in [-0.39, 0.29) is 5.54 Å². The number of nitrogens with zero attached hydrogens (tertiary/aromatic N) is 1. The third-order valence-electron chi connectivity index (χ3n) is 4.29. The Hall–Kier alpha value is -0.560. The van der Waals surface area contributed by atoms with E-state index in [4.69, 9.17) is 12.3 Å². The van der Waals surface area contributed by atoms with Crippen molar-refractivity contribution in [2.24, 2.45) is 5.84 Å². The first kappa shape index (κ1) is 15.5. The van der Waals surface area contributed by atoms with Crippen molar-refractivity contribution in [3.63, 3.8) is 0 Å². The Balaban J connectivity index is 2.58. The number of hydrogen-bond acceptors (Lipinski definition) is 3. The molecule has 1 atom stereocenters. The lowest BCUT2D eigenvalue weighted by Crippen LogP contribution is -2.59. The largest absolute Gasteiger partial charge is 0.297 e. The number of nitrogens with two attached hydrogens (primary N) is 1. The van der Waals surface area contributed by atoms with Gasteiger partial charge in [0.1, 0.15) is 0 Å². The third kappa shape index (κ3) is 4.28. The second kappa shape index (κ2) is 7.78. The summed E-state index contributed by atoms with van der Waals surface area (Å²) in [5, 5.41) is 0. The Kier molecular flexibility index (Phi) is 6.70. The standard InChI is InChI=1S/C15H29N3/c1-4-5-8-11-14(17-16)15(2,3)18-12-9-6-7-10-13-18/h1,14,17H,5-13,16H2,2-3H3. The number of hydrazine groups is 1. The van der Waals surface area contributed by atoms with Crippen LogP contribution in [0.2, 0.25) is 0 Å². The Labute approximate surface area is 112 Å². The van der Waals surface area contributed by atoms with Crippen LogP contribution in [0.4, 0.5) is 0 Å². The Bertz CT molecular complexity index is 259. The summed E-state index contributed by atoms with van der Waals surface area (Å²) in [6.07, 6.45) is 13.6. The minimum Gasteiger partial charge on any atom is -0.297 e. The lowest BCUT2D eigenvalue weighted by Gasteiger charge is -2.43. The van der Waals surface area contributed by atoms with E-state index < -0.39 is 0 Å². The highest BCUT2D eigenvalue weighted by atomic mass is 15.3. The zero-order valence-corrected chi connectivity index (χ0v) is 12.0. The summed E-state index contributed by atoms with van der Waals surface area (Å²) < 4.78 is 0. The molecule has 18 heavy (non-hydrogen) atoms. The molecule has 0 radical (unpaired) electrons. The van der Waals surface area contributed by atoms with E-state index >= 15 is 0 Å². The minimum atomic E-state index is 0.105. The van der Waals surface area contributed by atoms with E-state index in [9.17, 15) is 0 Å². The number of terminal acetylenes is 1. The van der Waals surface area contributed by atoms with Gasteiger partial charge in [-0.05, 0) is 52.6 Å². The van der Waals surface area contributed by atoms with Crippen molar-refractivity contribution in [3.8, 4) is 12.3 Å². The van der Waals surface area contributed by atoms with Gasteiger partial charge in [-0.15, -0.1) is 12.3 Å². The summed E-state index contributed by atoms with van der Waals surface area (Å²) >= 11 is 0. The zero-order valence-electron chi connectivity index (χ0n) is 12.0. The number of rotatable bonds is 6. The van der Waals surface area contributed by atoms with Gasteiger partial charge in [0, 0.05) is 18.0 Å². The van der Waals surface area contributed by atoms with Crippen LogP contribution in [0.3, 0.4) is 0 Å². The maximum absolute atomic E-state index is 5.76. The fourth-order valence-corrected chi connectivity index (χ4v) is 2.92. The molecule has 1 aliphatic rings. The van der Waals surface area contributed by atoms with E-state index in [2.05, 4.69) is 30.1 Å². The summed E-state index contributed by atoms with van der Waals surface area (Å²) in [7, 11) is 0.